The van der Waals surface area contributed by atoms with Gasteiger partial charge in [0.1, 0.15) is 17.5 Å². The zero-order valence-electron chi connectivity index (χ0n) is 22.5. The second kappa shape index (κ2) is 10.5. The zero-order chi connectivity index (χ0) is 29.9. The van der Waals surface area contributed by atoms with Crippen LogP contribution in [0.2, 0.25) is 0 Å². The van der Waals surface area contributed by atoms with E-state index in [1.807, 2.05) is 13.8 Å². The van der Waals surface area contributed by atoms with Crippen LogP contribution in [0.1, 0.15) is 48.9 Å². The van der Waals surface area contributed by atoms with Gasteiger partial charge in [-0.2, -0.15) is 13.2 Å². The number of hydrogen-bond acceptors (Lipinski definition) is 4. The van der Waals surface area contributed by atoms with Crippen molar-refractivity contribution in [2.45, 2.75) is 51.1 Å². The Kier molecular flexibility index (Phi) is 7.48. The summed E-state index contributed by atoms with van der Waals surface area (Å²) in [5.74, 6) is -6.25. The first-order valence-corrected chi connectivity index (χ1v) is 13.5. The predicted octanol–water partition coefficient (Wildman–Crippen LogP) is 4.35. The summed E-state index contributed by atoms with van der Waals surface area (Å²) >= 11 is 0. The summed E-state index contributed by atoms with van der Waals surface area (Å²) in [4.78, 5) is 30.4. The molecule has 41 heavy (non-hydrogen) atoms. The first-order chi connectivity index (χ1) is 19.3. The number of rotatable bonds is 8. The van der Waals surface area contributed by atoms with E-state index in [1.165, 1.54) is 11.0 Å². The van der Waals surface area contributed by atoms with Gasteiger partial charge in [-0.25, -0.2) is 18.0 Å². The van der Waals surface area contributed by atoms with Gasteiger partial charge in [0.15, 0.2) is 0 Å². The molecule has 3 aliphatic rings. The lowest BCUT2D eigenvalue weighted by atomic mass is 9.78. The van der Waals surface area contributed by atoms with Gasteiger partial charge in [0.25, 0.3) is 5.91 Å². The van der Waals surface area contributed by atoms with Crippen LogP contribution in [0.5, 0.6) is 0 Å². The van der Waals surface area contributed by atoms with Crippen LogP contribution in [0.4, 0.5) is 36.8 Å². The monoisotopic (exact) mass is 584 g/mol. The molecule has 2 N–H and O–H groups in total. The van der Waals surface area contributed by atoms with E-state index >= 15 is 8.78 Å². The Morgan fingerprint density at radius 3 is 2.20 bits per heavy atom. The van der Waals surface area contributed by atoms with Crippen LogP contribution in [-0.2, 0) is 23.1 Å². The number of amides is 3. The number of anilines is 1. The lowest BCUT2D eigenvalue weighted by Gasteiger charge is -2.43. The summed E-state index contributed by atoms with van der Waals surface area (Å²) < 4.78 is 87.5. The van der Waals surface area contributed by atoms with Gasteiger partial charge < -0.3 is 25.1 Å². The fraction of sp³-hybridized carbons (Fsp3) is 0.500. The number of nitrogens with zero attached hydrogens (tertiary/aromatic N) is 3. The summed E-state index contributed by atoms with van der Waals surface area (Å²) in [6, 6.07) is 2.07. The molecule has 0 radical (unpaired) electrons. The molecule has 7 nitrogen and oxygen atoms in total. The molecule has 3 amide bonds. The summed E-state index contributed by atoms with van der Waals surface area (Å²) in [7, 11) is 0. The minimum Gasteiger partial charge on any atom is -0.371 e. The van der Waals surface area contributed by atoms with Crippen molar-refractivity contribution in [1.29, 1.82) is 0 Å². The predicted molar refractivity (Wildman–Crippen MR) is 136 cm³/mol. The Morgan fingerprint density at radius 2 is 1.66 bits per heavy atom. The average molecular weight is 585 g/mol. The minimum atomic E-state index is -5.16. The molecule has 0 aromatic heterocycles. The van der Waals surface area contributed by atoms with Crippen molar-refractivity contribution >= 4 is 17.6 Å². The van der Waals surface area contributed by atoms with Gasteiger partial charge in [-0.1, -0.05) is 13.8 Å². The largest absolute Gasteiger partial charge is 0.416 e. The van der Waals surface area contributed by atoms with Crippen molar-refractivity contribution in [2.75, 3.05) is 37.6 Å². The number of benzene rings is 2. The minimum absolute atomic E-state index is 0.0184. The van der Waals surface area contributed by atoms with Crippen molar-refractivity contribution in [2.24, 2.45) is 5.92 Å². The number of urea groups is 1. The lowest BCUT2D eigenvalue weighted by Crippen LogP contribution is -2.50. The Bertz CT molecular complexity index is 1350. The number of aliphatic hydroxyl groups is 1. The molecular weight excluding hydrogens is 554 g/mol. The first-order valence-electron chi connectivity index (χ1n) is 13.5. The quantitative estimate of drug-likeness (QED) is 0.453. The van der Waals surface area contributed by atoms with Crippen molar-refractivity contribution in [3.05, 3.63) is 64.0 Å². The number of nitrogens with one attached hydrogen (secondary N) is 1. The Hall–Kier alpha value is -3.32. The third kappa shape index (κ3) is 4.92. The molecule has 0 spiro atoms. The molecule has 1 saturated carbocycles. The third-order valence-electron chi connectivity index (χ3n) is 8.36. The van der Waals surface area contributed by atoms with Crippen LogP contribution in [0.15, 0.2) is 24.3 Å². The summed E-state index contributed by atoms with van der Waals surface area (Å²) in [5, 5.41) is 14.3. The van der Waals surface area contributed by atoms with E-state index in [1.54, 1.807) is 0 Å². The van der Waals surface area contributed by atoms with Crippen molar-refractivity contribution in [1.82, 2.24) is 15.1 Å². The van der Waals surface area contributed by atoms with Gasteiger partial charge in [-0.15, -0.1) is 0 Å². The maximum absolute atomic E-state index is 15.0. The summed E-state index contributed by atoms with van der Waals surface area (Å²) in [6.45, 7) is 5.82. The standard InChI is InChI=1S/C28H30F6N4O3/c1-3-36(4-2)18-7-15(8-18)14-38-22-10-16(13-37-6-5-35-26(37)40)9-19(28(32,33)34)23(22)27(41,25(38)39)24-20(30)11-17(29)12-21(24)31/h9-12,15,18,41H,3-8,13-14H2,1-2H3,(H,35,40)/t15-,18-,27?. The Morgan fingerprint density at radius 1 is 1.02 bits per heavy atom. The molecule has 2 aromatic rings. The number of halogens is 6. The highest BCUT2D eigenvalue weighted by Gasteiger charge is 2.58. The van der Waals surface area contributed by atoms with Gasteiger partial charge in [-0.3, -0.25) is 4.79 Å². The number of carbonyl (C=O) groups excluding carboxylic acids is 2. The van der Waals surface area contributed by atoms with Gasteiger partial charge in [-0.05, 0) is 49.5 Å². The van der Waals surface area contributed by atoms with E-state index in [4.69, 9.17) is 0 Å². The van der Waals surface area contributed by atoms with Crippen LogP contribution >= 0.6 is 0 Å². The molecule has 2 aromatic carbocycles. The Balaban J connectivity index is 1.64. The summed E-state index contributed by atoms with van der Waals surface area (Å²) in [6.07, 6.45) is -3.88. The van der Waals surface area contributed by atoms with Crippen LogP contribution in [0, 0.1) is 23.4 Å². The molecule has 13 heteroatoms. The molecular formula is C28H30F6N4O3. The maximum Gasteiger partial charge on any atom is 0.416 e. The van der Waals surface area contributed by atoms with E-state index in [9.17, 15) is 32.3 Å². The number of carbonyl (C=O) groups is 2. The van der Waals surface area contributed by atoms with Gasteiger partial charge in [0, 0.05) is 49.9 Å². The van der Waals surface area contributed by atoms with Crippen molar-refractivity contribution in [3.63, 3.8) is 0 Å². The first kappa shape index (κ1) is 29.2. The highest BCUT2D eigenvalue weighted by molar-refractivity contribution is 6.10. The van der Waals surface area contributed by atoms with Gasteiger partial charge in [0.2, 0.25) is 5.60 Å². The molecule has 5 rings (SSSR count). The average Bonchev–Trinajstić information content (AvgIpc) is 3.35. The smallest absolute Gasteiger partial charge is 0.371 e. The van der Waals surface area contributed by atoms with Crippen molar-refractivity contribution < 1.29 is 41.0 Å². The van der Waals surface area contributed by atoms with Crippen LogP contribution in [-0.4, -0.2) is 65.6 Å². The van der Waals surface area contributed by atoms with Crippen LogP contribution < -0.4 is 10.2 Å². The molecule has 1 unspecified atom stereocenters. The highest BCUT2D eigenvalue weighted by Crippen LogP contribution is 2.52. The second-order valence-corrected chi connectivity index (χ2v) is 10.8. The lowest BCUT2D eigenvalue weighted by molar-refractivity contribution is -0.142. The normalized spacial score (nSPS) is 24.2. The number of hydrogen-bond donors (Lipinski definition) is 2. The van der Waals surface area contributed by atoms with Crippen LogP contribution in [0.3, 0.4) is 0 Å². The molecule has 0 bridgehead atoms. The van der Waals surface area contributed by atoms with Gasteiger partial charge in [0.05, 0.1) is 16.8 Å². The van der Waals surface area contributed by atoms with Gasteiger partial charge >= 0.3 is 12.2 Å². The number of fused-ring (bicyclic) bond motifs is 1. The van der Waals surface area contributed by atoms with E-state index in [-0.39, 0.29) is 55.0 Å². The van der Waals surface area contributed by atoms with E-state index < -0.39 is 57.9 Å². The summed E-state index contributed by atoms with van der Waals surface area (Å²) in [5.41, 5.74) is -7.61. The SMILES string of the molecule is CCN(CC)[C@H]1C[C@H](CN2C(=O)C(O)(c3c(F)cc(F)cc3F)c3c2cc(CN2CCNC2=O)cc3C(F)(F)F)C1. The molecule has 2 fully saturated rings. The Labute approximate surface area is 232 Å². The molecule has 1 aliphatic carbocycles. The van der Waals surface area contributed by atoms with Crippen molar-refractivity contribution in [3.8, 4) is 0 Å². The molecule has 1 atom stereocenters. The zero-order valence-corrected chi connectivity index (χ0v) is 22.5. The molecule has 2 heterocycles. The number of alkyl halides is 3. The molecule has 2 aliphatic heterocycles. The van der Waals surface area contributed by atoms with Crippen LogP contribution in [0.25, 0.3) is 0 Å². The van der Waals surface area contributed by atoms with E-state index in [0.29, 0.717) is 25.5 Å². The van der Waals surface area contributed by atoms with E-state index in [2.05, 4.69) is 10.2 Å². The third-order valence-corrected chi connectivity index (χ3v) is 8.36. The maximum atomic E-state index is 15.0. The van der Waals surface area contributed by atoms with E-state index in [0.717, 1.165) is 18.0 Å². The fourth-order valence-electron chi connectivity index (χ4n) is 6.33. The molecule has 1 saturated heterocycles. The highest BCUT2D eigenvalue weighted by atomic mass is 19.4. The molecule has 222 valence electrons. The fourth-order valence-corrected chi connectivity index (χ4v) is 6.33. The second-order valence-electron chi connectivity index (χ2n) is 10.8. The topological polar surface area (TPSA) is 76.1 Å².